The summed E-state index contributed by atoms with van der Waals surface area (Å²) in [7, 11) is 0. The number of aromatic amines is 1. The summed E-state index contributed by atoms with van der Waals surface area (Å²) in [6.07, 6.45) is 1.87. The summed E-state index contributed by atoms with van der Waals surface area (Å²) >= 11 is 3.49. The lowest BCUT2D eigenvalue weighted by atomic mass is 9.94. The van der Waals surface area contributed by atoms with Gasteiger partial charge < -0.3 is 4.98 Å². The SMILES string of the molecule is FC1(F)CC=C(c2cc3c(Br)cccc3[nH]2)CC1. The van der Waals surface area contributed by atoms with Gasteiger partial charge in [0, 0.05) is 33.9 Å². The van der Waals surface area contributed by atoms with E-state index in [1.165, 1.54) is 0 Å². The quantitative estimate of drug-likeness (QED) is 0.751. The van der Waals surface area contributed by atoms with E-state index in [2.05, 4.69) is 20.9 Å². The highest BCUT2D eigenvalue weighted by molar-refractivity contribution is 9.10. The molecule has 0 unspecified atom stereocenters. The minimum absolute atomic E-state index is 0.0602. The predicted molar refractivity (Wildman–Crippen MR) is 72.8 cm³/mol. The highest BCUT2D eigenvalue weighted by Gasteiger charge is 2.31. The summed E-state index contributed by atoms with van der Waals surface area (Å²) in [6.45, 7) is 0. The van der Waals surface area contributed by atoms with Crippen LogP contribution in [0.15, 0.2) is 34.8 Å². The van der Waals surface area contributed by atoms with E-state index in [9.17, 15) is 8.78 Å². The second-order valence-electron chi connectivity index (χ2n) is 4.67. The van der Waals surface area contributed by atoms with E-state index < -0.39 is 5.92 Å². The Morgan fingerprint density at radius 3 is 2.78 bits per heavy atom. The molecule has 0 aliphatic heterocycles. The van der Waals surface area contributed by atoms with Crippen LogP contribution in [-0.2, 0) is 0 Å². The molecular formula is C14H12BrF2N. The summed E-state index contributed by atoms with van der Waals surface area (Å²) in [5, 5.41) is 1.09. The molecule has 4 heteroatoms. The Kier molecular flexibility index (Phi) is 2.77. The van der Waals surface area contributed by atoms with Gasteiger partial charge in [-0.2, -0.15) is 0 Å². The molecule has 2 aromatic rings. The molecule has 0 atom stereocenters. The van der Waals surface area contributed by atoms with Crippen molar-refractivity contribution in [2.75, 3.05) is 0 Å². The fourth-order valence-electron chi connectivity index (χ4n) is 2.33. The van der Waals surface area contributed by atoms with Crippen LogP contribution in [0.2, 0.25) is 0 Å². The number of aromatic nitrogens is 1. The lowest BCUT2D eigenvalue weighted by molar-refractivity contribution is -0.00604. The van der Waals surface area contributed by atoms with Gasteiger partial charge in [0.15, 0.2) is 0 Å². The number of H-pyrrole nitrogens is 1. The standard InChI is InChI=1S/C14H12BrF2N/c15-11-2-1-3-12-10(11)8-13(18-12)9-4-6-14(16,17)7-5-9/h1-4,8,18H,5-7H2. The van der Waals surface area contributed by atoms with Crippen molar-refractivity contribution in [2.45, 2.75) is 25.2 Å². The van der Waals surface area contributed by atoms with Crippen molar-refractivity contribution >= 4 is 32.4 Å². The number of alkyl halides is 2. The van der Waals surface area contributed by atoms with Gasteiger partial charge >= 0.3 is 0 Å². The Morgan fingerprint density at radius 1 is 1.28 bits per heavy atom. The number of rotatable bonds is 1. The Bertz CT molecular complexity index is 628. The van der Waals surface area contributed by atoms with Crippen molar-refractivity contribution in [1.82, 2.24) is 4.98 Å². The van der Waals surface area contributed by atoms with E-state index in [1.54, 1.807) is 6.08 Å². The molecule has 94 valence electrons. The lowest BCUT2D eigenvalue weighted by Crippen LogP contribution is -2.18. The van der Waals surface area contributed by atoms with Gasteiger partial charge in [0.05, 0.1) is 0 Å². The van der Waals surface area contributed by atoms with Crippen LogP contribution >= 0.6 is 15.9 Å². The number of fused-ring (bicyclic) bond motifs is 1. The average molecular weight is 312 g/mol. The fraction of sp³-hybridized carbons (Fsp3) is 0.286. The Balaban J connectivity index is 2.01. The maximum Gasteiger partial charge on any atom is 0.251 e. The van der Waals surface area contributed by atoms with Crippen molar-refractivity contribution in [3.8, 4) is 0 Å². The smallest absolute Gasteiger partial charge is 0.251 e. The first kappa shape index (κ1) is 11.9. The first-order valence-corrected chi connectivity index (χ1v) is 6.69. The van der Waals surface area contributed by atoms with Gasteiger partial charge in [-0.05, 0) is 30.2 Å². The molecule has 1 aromatic carbocycles. The van der Waals surface area contributed by atoms with Gasteiger partial charge in [-0.15, -0.1) is 0 Å². The van der Waals surface area contributed by atoms with E-state index >= 15 is 0 Å². The summed E-state index contributed by atoms with van der Waals surface area (Å²) in [4.78, 5) is 3.29. The molecule has 1 heterocycles. The van der Waals surface area contributed by atoms with Crippen molar-refractivity contribution in [2.24, 2.45) is 0 Å². The summed E-state index contributed by atoms with van der Waals surface area (Å²) in [5.74, 6) is -2.53. The van der Waals surface area contributed by atoms with Crippen LogP contribution in [0.3, 0.4) is 0 Å². The largest absolute Gasteiger partial charge is 0.355 e. The fourth-order valence-corrected chi connectivity index (χ4v) is 2.81. The van der Waals surface area contributed by atoms with Gasteiger partial charge in [0.25, 0.3) is 5.92 Å². The number of hydrogen-bond donors (Lipinski definition) is 1. The first-order valence-electron chi connectivity index (χ1n) is 5.90. The molecule has 0 amide bonds. The molecule has 18 heavy (non-hydrogen) atoms. The first-order chi connectivity index (χ1) is 8.55. The average Bonchev–Trinajstić information content (AvgIpc) is 2.74. The molecule has 1 aromatic heterocycles. The second kappa shape index (κ2) is 4.19. The van der Waals surface area contributed by atoms with E-state index in [1.807, 2.05) is 24.3 Å². The predicted octanol–water partition coefficient (Wildman–Crippen LogP) is 5.13. The zero-order valence-corrected chi connectivity index (χ0v) is 11.2. The van der Waals surface area contributed by atoms with E-state index in [4.69, 9.17) is 0 Å². The summed E-state index contributed by atoms with van der Waals surface area (Å²) < 4.78 is 27.2. The third-order valence-electron chi connectivity index (χ3n) is 3.36. The summed E-state index contributed by atoms with van der Waals surface area (Å²) in [6, 6.07) is 7.94. The minimum atomic E-state index is -2.53. The molecule has 1 aliphatic rings. The summed E-state index contributed by atoms with van der Waals surface area (Å²) in [5.41, 5.74) is 2.97. The Morgan fingerprint density at radius 2 is 2.11 bits per heavy atom. The van der Waals surface area contributed by atoms with E-state index in [0.717, 1.165) is 26.6 Å². The Hall–Kier alpha value is -1.16. The molecular weight excluding hydrogens is 300 g/mol. The van der Waals surface area contributed by atoms with Crippen molar-refractivity contribution in [3.63, 3.8) is 0 Å². The van der Waals surface area contributed by atoms with Crippen LogP contribution in [0.5, 0.6) is 0 Å². The third-order valence-corrected chi connectivity index (χ3v) is 4.06. The molecule has 0 bridgehead atoms. The van der Waals surface area contributed by atoms with Gasteiger partial charge in [0.1, 0.15) is 0 Å². The molecule has 1 aliphatic carbocycles. The maximum absolute atomic E-state index is 13.1. The second-order valence-corrected chi connectivity index (χ2v) is 5.53. The zero-order valence-electron chi connectivity index (χ0n) is 9.64. The molecule has 0 spiro atoms. The molecule has 0 saturated heterocycles. The number of benzene rings is 1. The molecule has 3 rings (SSSR count). The molecule has 1 nitrogen and oxygen atoms in total. The van der Waals surface area contributed by atoms with E-state index in [-0.39, 0.29) is 12.8 Å². The van der Waals surface area contributed by atoms with Crippen LogP contribution in [0.4, 0.5) is 8.78 Å². The molecule has 0 saturated carbocycles. The molecule has 0 fully saturated rings. The zero-order chi connectivity index (χ0) is 12.8. The lowest BCUT2D eigenvalue weighted by Gasteiger charge is -2.20. The highest BCUT2D eigenvalue weighted by Crippen LogP contribution is 2.37. The topological polar surface area (TPSA) is 15.8 Å². The van der Waals surface area contributed by atoms with Crippen molar-refractivity contribution in [3.05, 3.63) is 40.5 Å². The highest BCUT2D eigenvalue weighted by atomic mass is 79.9. The van der Waals surface area contributed by atoms with Crippen LogP contribution < -0.4 is 0 Å². The van der Waals surface area contributed by atoms with Crippen LogP contribution in [-0.4, -0.2) is 10.9 Å². The van der Waals surface area contributed by atoms with Crippen LogP contribution in [0.25, 0.3) is 16.5 Å². The Labute approximate surface area is 112 Å². The molecule has 0 radical (unpaired) electrons. The van der Waals surface area contributed by atoms with Gasteiger partial charge in [0.2, 0.25) is 0 Å². The van der Waals surface area contributed by atoms with Crippen LogP contribution in [0, 0.1) is 0 Å². The van der Waals surface area contributed by atoms with Crippen molar-refractivity contribution < 1.29 is 8.78 Å². The number of nitrogens with one attached hydrogen (secondary N) is 1. The van der Waals surface area contributed by atoms with Gasteiger partial charge in [-0.3, -0.25) is 0 Å². The molecule has 1 N–H and O–H groups in total. The third kappa shape index (κ3) is 2.09. The minimum Gasteiger partial charge on any atom is -0.355 e. The monoisotopic (exact) mass is 311 g/mol. The van der Waals surface area contributed by atoms with Gasteiger partial charge in [-0.25, -0.2) is 8.78 Å². The van der Waals surface area contributed by atoms with Crippen molar-refractivity contribution in [1.29, 1.82) is 0 Å². The normalized spacial score (nSPS) is 18.9. The van der Waals surface area contributed by atoms with Crippen LogP contribution in [0.1, 0.15) is 25.0 Å². The maximum atomic E-state index is 13.1. The number of halogens is 3. The number of allylic oxidation sites excluding steroid dienone is 2. The number of hydrogen-bond acceptors (Lipinski definition) is 0. The van der Waals surface area contributed by atoms with Gasteiger partial charge in [-0.1, -0.05) is 28.1 Å². The van der Waals surface area contributed by atoms with E-state index in [0.29, 0.717) is 6.42 Å².